The summed E-state index contributed by atoms with van der Waals surface area (Å²) in [5.74, 6) is 1.17. The first kappa shape index (κ1) is 17.2. The number of piperazine rings is 1. The number of amides is 1. The maximum absolute atomic E-state index is 12.8. The highest BCUT2D eigenvalue weighted by Gasteiger charge is 2.24. The number of nitrogens with zero attached hydrogens (tertiary/aromatic N) is 4. The molecule has 1 aliphatic heterocycles. The number of nitrogens with one attached hydrogen (secondary N) is 1. The molecule has 1 aliphatic rings. The van der Waals surface area contributed by atoms with Gasteiger partial charge in [-0.25, -0.2) is 9.97 Å². The Bertz CT molecular complexity index is 1160. The topological polar surface area (TPSA) is 65.1 Å². The van der Waals surface area contributed by atoms with E-state index in [4.69, 9.17) is 0 Å². The molecule has 0 atom stereocenters. The van der Waals surface area contributed by atoms with Gasteiger partial charge in [-0.2, -0.15) is 0 Å². The summed E-state index contributed by atoms with van der Waals surface area (Å²) in [4.78, 5) is 31.5. The van der Waals surface area contributed by atoms with Crippen molar-refractivity contribution in [3.05, 3.63) is 53.3 Å². The van der Waals surface area contributed by atoms with E-state index in [1.165, 1.54) is 4.88 Å². The van der Waals surface area contributed by atoms with Gasteiger partial charge >= 0.3 is 0 Å². The van der Waals surface area contributed by atoms with E-state index in [0.29, 0.717) is 6.42 Å². The third kappa shape index (κ3) is 3.01. The summed E-state index contributed by atoms with van der Waals surface area (Å²) in [6.45, 7) is 5.12. The van der Waals surface area contributed by atoms with Crippen LogP contribution < -0.4 is 4.90 Å². The number of para-hydroxylation sites is 1. The van der Waals surface area contributed by atoms with Gasteiger partial charge in [0.1, 0.15) is 17.0 Å². The van der Waals surface area contributed by atoms with Gasteiger partial charge in [-0.3, -0.25) is 4.79 Å². The minimum Gasteiger partial charge on any atom is -0.361 e. The Balaban J connectivity index is 1.28. The molecule has 142 valence electrons. The SMILES string of the molecule is Cc1cc2c(N3CCN(C(=O)Cc4c[nH]c5ccccc45)CC3)ncnc2s1. The second-order valence-electron chi connectivity index (χ2n) is 7.18. The standard InChI is InChI=1S/C21H21N5OS/c1-14-10-17-20(23-13-24-21(17)28-14)26-8-6-25(7-9-26)19(27)11-15-12-22-18-5-3-2-4-16(15)18/h2-5,10,12-13,22H,6-9,11H2,1H3. The van der Waals surface area contributed by atoms with Crippen molar-refractivity contribution in [2.75, 3.05) is 31.1 Å². The van der Waals surface area contributed by atoms with Gasteiger partial charge in [-0.1, -0.05) is 18.2 Å². The van der Waals surface area contributed by atoms with Crippen LogP contribution in [-0.4, -0.2) is 51.9 Å². The molecule has 4 aromatic rings. The number of benzene rings is 1. The van der Waals surface area contributed by atoms with E-state index in [2.05, 4.69) is 38.9 Å². The number of fused-ring (bicyclic) bond motifs is 2. The Morgan fingerprint density at radius 1 is 1.14 bits per heavy atom. The maximum Gasteiger partial charge on any atom is 0.227 e. The highest BCUT2D eigenvalue weighted by molar-refractivity contribution is 7.18. The van der Waals surface area contributed by atoms with Crippen LogP contribution in [0.25, 0.3) is 21.1 Å². The lowest BCUT2D eigenvalue weighted by Crippen LogP contribution is -2.49. The first-order valence-electron chi connectivity index (χ1n) is 9.48. The summed E-state index contributed by atoms with van der Waals surface area (Å²) >= 11 is 1.69. The van der Waals surface area contributed by atoms with E-state index >= 15 is 0 Å². The number of hydrogen-bond donors (Lipinski definition) is 1. The van der Waals surface area contributed by atoms with Crippen molar-refractivity contribution in [3.8, 4) is 0 Å². The number of aryl methyl sites for hydroxylation is 1. The van der Waals surface area contributed by atoms with Crippen LogP contribution in [0, 0.1) is 6.92 Å². The molecule has 5 rings (SSSR count). The molecule has 0 bridgehead atoms. The van der Waals surface area contributed by atoms with Gasteiger partial charge in [0.25, 0.3) is 0 Å². The average Bonchev–Trinajstić information content (AvgIpc) is 3.30. The van der Waals surface area contributed by atoms with Gasteiger partial charge in [-0.15, -0.1) is 11.3 Å². The molecule has 6 nitrogen and oxygen atoms in total. The summed E-state index contributed by atoms with van der Waals surface area (Å²) in [5.41, 5.74) is 2.14. The zero-order valence-corrected chi connectivity index (χ0v) is 16.5. The molecule has 0 aliphatic carbocycles. The fourth-order valence-electron chi connectivity index (χ4n) is 3.94. The van der Waals surface area contributed by atoms with Crippen LogP contribution in [0.5, 0.6) is 0 Å². The number of rotatable bonds is 3. The molecule has 1 fully saturated rings. The fourth-order valence-corrected chi connectivity index (χ4v) is 4.78. The van der Waals surface area contributed by atoms with Gasteiger partial charge in [-0.05, 0) is 24.6 Å². The lowest BCUT2D eigenvalue weighted by molar-refractivity contribution is -0.130. The number of anilines is 1. The van der Waals surface area contributed by atoms with Crippen LogP contribution in [-0.2, 0) is 11.2 Å². The molecule has 4 heterocycles. The van der Waals surface area contributed by atoms with Crippen LogP contribution in [0.2, 0.25) is 0 Å². The molecular formula is C21H21N5OS. The van der Waals surface area contributed by atoms with E-state index in [1.807, 2.05) is 29.3 Å². The van der Waals surface area contributed by atoms with Crippen molar-refractivity contribution in [2.45, 2.75) is 13.3 Å². The van der Waals surface area contributed by atoms with Crippen molar-refractivity contribution in [1.29, 1.82) is 0 Å². The van der Waals surface area contributed by atoms with Crippen LogP contribution in [0.1, 0.15) is 10.4 Å². The molecule has 0 spiro atoms. The van der Waals surface area contributed by atoms with Crippen LogP contribution in [0.3, 0.4) is 0 Å². The van der Waals surface area contributed by atoms with Crippen LogP contribution in [0.4, 0.5) is 5.82 Å². The van der Waals surface area contributed by atoms with Crippen molar-refractivity contribution in [2.24, 2.45) is 0 Å². The van der Waals surface area contributed by atoms with Crippen LogP contribution in [0.15, 0.2) is 42.9 Å². The normalized spacial score (nSPS) is 14.9. The third-order valence-corrected chi connectivity index (χ3v) is 6.34. The average molecular weight is 392 g/mol. The lowest BCUT2D eigenvalue weighted by atomic mass is 10.1. The summed E-state index contributed by atoms with van der Waals surface area (Å²) in [6.07, 6.45) is 4.03. The number of hydrogen-bond acceptors (Lipinski definition) is 5. The van der Waals surface area contributed by atoms with Crippen molar-refractivity contribution in [3.63, 3.8) is 0 Å². The zero-order chi connectivity index (χ0) is 19.1. The Hall–Kier alpha value is -2.93. The Kier molecular flexibility index (Phi) is 4.24. The number of carbonyl (C=O) groups is 1. The third-order valence-electron chi connectivity index (χ3n) is 5.38. The van der Waals surface area contributed by atoms with Gasteiger partial charge in [0.15, 0.2) is 0 Å². The van der Waals surface area contributed by atoms with Gasteiger partial charge < -0.3 is 14.8 Å². The highest BCUT2D eigenvalue weighted by Crippen LogP contribution is 2.30. The van der Waals surface area contributed by atoms with E-state index in [9.17, 15) is 4.79 Å². The first-order chi connectivity index (χ1) is 13.7. The summed E-state index contributed by atoms with van der Waals surface area (Å²) in [5, 5.41) is 2.24. The van der Waals surface area contributed by atoms with E-state index in [1.54, 1.807) is 17.7 Å². The van der Waals surface area contributed by atoms with E-state index < -0.39 is 0 Å². The lowest BCUT2D eigenvalue weighted by Gasteiger charge is -2.35. The Morgan fingerprint density at radius 3 is 2.82 bits per heavy atom. The predicted octanol–water partition coefficient (Wildman–Crippen LogP) is 3.37. The monoisotopic (exact) mass is 391 g/mol. The summed E-state index contributed by atoms with van der Waals surface area (Å²) in [6, 6.07) is 10.3. The van der Waals surface area contributed by atoms with E-state index in [-0.39, 0.29) is 5.91 Å². The molecule has 1 amide bonds. The van der Waals surface area contributed by atoms with Crippen molar-refractivity contribution in [1.82, 2.24) is 19.9 Å². The molecule has 1 saturated heterocycles. The number of carbonyl (C=O) groups excluding carboxylic acids is 1. The molecule has 7 heteroatoms. The van der Waals surface area contributed by atoms with Gasteiger partial charge in [0, 0.05) is 48.2 Å². The van der Waals surface area contributed by atoms with Gasteiger partial charge in [0.2, 0.25) is 5.91 Å². The smallest absolute Gasteiger partial charge is 0.227 e. The van der Waals surface area contributed by atoms with Crippen molar-refractivity contribution >= 4 is 44.2 Å². The summed E-state index contributed by atoms with van der Waals surface area (Å²) < 4.78 is 0. The minimum atomic E-state index is 0.184. The van der Waals surface area contributed by atoms with Gasteiger partial charge in [0.05, 0.1) is 11.8 Å². The molecule has 0 unspecified atom stereocenters. The number of aromatic amines is 1. The number of thiophene rings is 1. The maximum atomic E-state index is 12.8. The number of H-pyrrole nitrogens is 1. The molecule has 1 aromatic carbocycles. The molecular weight excluding hydrogens is 370 g/mol. The molecule has 28 heavy (non-hydrogen) atoms. The molecule has 0 saturated carbocycles. The molecule has 3 aromatic heterocycles. The summed E-state index contributed by atoms with van der Waals surface area (Å²) in [7, 11) is 0. The fraction of sp³-hybridized carbons (Fsp3) is 0.286. The number of aromatic nitrogens is 3. The largest absolute Gasteiger partial charge is 0.361 e. The molecule has 0 radical (unpaired) electrons. The Labute approximate surface area is 166 Å². The van der Waals surface area contributed by atoms with Crippen LogP contribution >= 0.6 is 11.3 Å². The zero-order valence-electron chi connectivity index (χ0n) is 15.7. The highest BCUT2D eigenvalue weighted by atomic mass is 32.1. The quantitative estimate of drug-likeness (QED) is 0.582. The molecule has 1 N–H and O–H groups in total. The second-order valence-corrected chi connectivity index (χ2v) is 8.41. The van der Waals surface area contributed by atoms with E-state index in [0.717, 1.165) is 58.7 Å². The Morgan fingerprint density at radius 2 is 1.96 bits per heavy atom. The van der Waals surface area contributed by atoms with Crippen molar-refractivity contribution < 1.29 is 4.79 Å². The minimum absolute atomic E-state index is 0.184. The first-order valence-corrected chi connectivity index (χ1v) is 10.3. The second kappa shape index (κ2) is 6.91. The predicted molar refractivity (Wildman–Crippen MR) is 113 cm³/mol.